The molecular formula is C19H18N2O4. The van der Waals surface area contributed by atoms with Crippen LogP contribution in [0.1, 0.15) is 48.0 Å². The second kappa shape index (κ2) is 6.20. The van der Waals surface area contributed by atoms with Crippen molar-refractivity contribution in [1.29, 1.82) is 0 Å². The molecule has 2 aromatic rings. The van der Waals surface area contributed by atoms with Gasteiger partial charge in [-0.15, -0.1) is 0 Å². The molecular weight excluding hydrogens is 320 g/mol. The van der Waals surface area contributed by atoms with E-state index in [1.54, 1.807) is 29.3 Å². The van der Waals surface area contributed by atoms with E-state index in [4.69, 9.17) is 4.42 Å². The number of pyridine rings is 1. The smallest absolute Gasteiger partial charge is 0.290 e. The lowest BCUT2D eigenvalue weighted by Gasteiger charge is -2.31. The minimum Gasteiger partial charge on any atom is -0.503 e. The van der Waals surface area contributed by atoms with Gasteiger partial charge >= 0.3 is 0 Å². The van der Waals surface area contributed by atoms with E-state index in [-0.39, 0.29) is 17.4 Å². The van der Waals surface area contributed by atoms with E-state index in [0.29, 0.717) is 5.69 Å². The highest BCUT2D eigenvalue weighted by molar-refractivity contribution is 6.15. The van der Waals surface area contributed by atoms with Crippen LogP contribution in [0.4, 0.5) is 0 Å². The highest BCUT2D eigenvalue weighted by Gasteiger charge is 2.48. The number of aromatic nitrogens is 1. The molecule has 128 valence electrons. The molecule has 1 aliphatic carbocycles. The number of carbonyl (C=O) groups excluding carboxylic acids is 2. The first-order valence-electron chi connectivity index (χ1n) is 8.43. The Labute approximate surface area is 144 Å². The Morgan fingerprint density at radius 3 is 2.64 bits per heavy atom. The van der Waals surface area contributed by atoms with Gasteiger partial charge in [0.15, 0.2) is 11.5 Å². The van der Waals surface area contributed by atoms with Gasteiger partial charge in [0.1, 0.15) is 6.04 Å². The van der Waals surface area contributed by atoms with Crippen LogP contribution < -0.4 is 0 Å². The van der Waals surface area contributed by atoms with E-state index in [9.17, 15) is 14.7 Å². The average molecular weight is 338 g/mol. The van der Waals surface area contributed by atoms with Crippen molar-refractivity contribution >= 4 is 11.7 Å². The summed E-state index contributed by atoms with van der Waals surface area (Å²) >= 11 is 0. The lowest BCUT2D eigenvalue weighted by atomic mass is 9.97. The quantitative estimate of drug-likeness (QED) is 0.866. The zero-order chi connectivity index (χ0) is 17.4. The monoisotopic (exact) mass is 338 g/mol. The lowest BCUT2D eigenvalue weighted by molar-refractivity contribution is -0.131. The molecule has 1 N–H and O–H groups in total. The summed E-state index contributed by atoms with van der Waals surface area (Å²) < 4.78 is 5.19. The van der Waals surface area contributed by atoms with Crippen molar-refractivity contribution in [3.05, 3.63) is 65.6 Å². The number of hydrogen-bond donors (Lipinski definition) is 1. The molecule has 0 saturated heterocycles. The number of aliphatic hydroxyl groups excluding tert-OH is 1. The van der Waals surface area contributed by atoms with Crippen LogP contribution in [0.3, 0.4) is 0 Å². The first-order valence-corrected chi connectivity index (χ1v) is 8.43. The zero-order valence-electron chi connectivity index (χ0n) is 13.6. The summed E-state index contributed by atoms with van der Waals surface area (Å²) in [6.45, 7) is 0. The predicted molar refractivity (Wildman–Crippen MR) is 88.8 cm³/mol. The normalized spacial score (nSPS) is 21.4. The second-order valence-corrected chi connectivity index (χ2v) is 6.38. The van der Waals surface area contributed by atoms with Crippen LogP contribution in [0.2, 0.25) is 0 Å². The van der Waals surface area contributed by atoms with Crippen molar-refractivity contribution in [2.24, 2.45) is 0 Å². The molecule has 1 aliphatic heterocycles. The van der Waals surface area contributed by atoms with Gasteiger partial charge in [0.2, 0.25) is 5.78 Å². The van der Waals surface area contributed by atoms with Gasteiger partial charge in [0, 0.05) is 12.2 Å². The highest BCUT2D eigenvalue weighted by Crippen LogP contribution is 2.42. The zero-order valence-corrected chi connectivity index (χ0v) is 13.6. The Morgan fingerprint density at radius 1 is 1.20 bits per heavy atom. The maximum Gasteiger partial charge on any atom is 0.290 e. The van der Waals surface area contributed by atoms with Crippen LogP contribution in [-0.2, 0) is 4.79 Å². The van der Waals surface area contributed by atoms with Crippen LogP contribution in [-0.4, -0.2) is 32.7 Å². The fourth-order valence-corrected chi connectivity index (χ4v) is 3.78. The predicted octanol–water partition coefficient (Wildman–Crippen LogP) is 3.20. The van der Waals surface area contributed by atoms with E-state index >= 15 is 0 Å². The molecule has 0 aromatic carbocycles. The number of ketones is 1. The molecule has 1 atom stereocenters. The summed E-state index contributed by atoms with van der Waals surface area (Å²) in [7, 11) is 0. The van der Waals surface area contributed by atoms with Crippen molar-refractivity contribution in [3.8, 4) is 0 Å². The van der Waals surface area contributed by atoms with Gasteiger partial charge in [-0.1, -0.05) is 18.9 Å². The number of carbonyl (C=O) groups is 2. The summed E-state index contributed by atoms with van der Waals surface area (Å²) in [4.78, 5) is 31.6. The van der Waals surface area contributed by atoms with Gasteiger partial charge in [0.05, 0.1) is 17.5 Å². The number of Topliss-reactive ketones (excluding diaryl/α,β-unsaturated/α-hetero) is 1. The molecule has 0 radical (unpaired) electrons. The first kappa shape index (κ1) is 15.6. The molecule has 0 bridgehead atoms. The topological polar surface area (TPSA) is 83.6 Å². The van der Waals surface area contributed by atoms with Crippen molar-refractivity contribution in [2.45, 2.75) is 37.8 Å². The molecule has 1 saturated carbocycles. The largest absolute Gasteiger partial charge is 0.503 e. The van der Waals surface area contributed by atoms with E-state index < -0.39 is 23.5 Å². The SMILES string of the molecule is O=C(C1=C(O)C(=O)N(C2CCCC2)C1c1ccccn1)c1ccco1. The van der Waals surface area contributed by atoms with Gasteiger partial charge < -0.3 is 14.4 Å². The summed E-state index contributed by atoms with van der Waals surface area (Å²) in [5, 5.41) is 10.5. The molecule has 2 aliphatic rings. The minimum absolute atomic E-state index is 0.00329. The maximum atomic E-state index is 12.9. The fourth-order valence-electron chi connectivity index (χ4n) is 3.78. The molecule has 3 heterocycles. The van der Waals surface area contributed by atoms with Crippen molar-refractivity contribution < 1.29 is 19.1 Å². The Morgan fingerprint density at radius 2 is 2.00 bits per heavy atom. The number of aliphatic hydroxyl groups is 1. The number of rotatable bonds is 4. The van der Waals surface area contributed by atoms with Crippen LogP contribution in [0.25, 0.3) is 0 Å². The Kier molecular flexibility index (Phi) is 3.87. The maximum absolute atomic E-state index is 12.9. The van der Waals surface area contributed by atoms with Crippen LogP contribution in [0.5, 0.6) is 0 Å². The standard InChI is InChI=1S/C19H18N2O4/c22-17(14-9-5-11-25-14)15-16(13-8-3-4-10-20-13)21(19(24)18(15)23)12-6-1-2-7-12/h3-5,8-12,16,23H,1-2,6-7H2. The van der Waals surface area contributed by atoms with Crippen molar-refractivity contribution in [3.63, 3.8) is 0 Å². The number of nitrogens with zero attached hydrogens (tertiary/aromatic N) is 2. The molecule has 1 unspecified atom stereocenters. The van der Waals surface area contributed by atoms with Crippen LogP contribution in [0.15, 0.2) is 58.5 Å². The second-order valence-electron chi connectivity index (χ2n) is 6.38. The highest BCUT2D eigenvalue weighted by atomic mass is 16.3. The van der Waals surface area contributed by atoms with Crippen LogP contribution in [0, 0.1) is 0 Å². The molecule has 6 heteroatoms. The van der Waals surface area contributed by atoms with Crippen LogP contribution >= 0.6 is 0 Å². The Hall–Kier alpha value is -2.89. The molecule has 1 fully saturated rings. The van der Waals surface area contributed by atoms with Gasteiger partial charge in [-0.25, -0.2) is 0 Å². The summed E-state index contributed by atoms with van der Waals surface area (Å²) in [5.41, 5.74) is 0.618. The number of hydrogen-bond acceptors (Lipinski definition) is 5. The molecule has 2 aromatic heterocycles. The van der Waals surface area contributed by atoms with E-state index in [1.165, 1.54) is 12.3 Å². The summed E-state index contributed by atoms with van der Waals surface area (Å²) in [6.07, 6.45) is 6.81. The fraction of sp³-hybridized carbons (Fsp3) is 0.316. The van der Waals surface area contributed by atoms with Crippen molar-refractivity contribution in [1.82, 2.24) is 9.88 Å². The lowest BCUT2D eigenvalue weighted by Crippen LogP contribution is -2.39. The molecule has 0 spiro atoms. The number of furan rings is 1. The average Bonchev–Trinajstić information content (AvgIpc) is 3.37. The third-order valence-electron chi connectivity index (χ3n) is 4.92. The Balaban J connectivity index is 1.82. The third-order valence-corrected chi connectivity index (χ3v) is 4.92. The summed E-state index contributed by atoms with van der Waals surface area (Å²) in [6, 6.07) is 7.81. The Bertz CT molecular complexity index is 820. The van der Waals surface area contributed by atoms with Gasteiger partial charge in [0.25, 0.3) is 5.91 Å². The van der Waals surface area contributed by atoms with Gasteiger partial charge in [-0.3, -0.25) is 14.6 Å². The molecule has 1 amide bonds. The van der Waals surface area contributed by atoms with Crippen molar-refractivity contribution in [2.75, 3.05) is 0 Å². The minimum atomic E-state index is -0.686. The van der Waals surface area contributed by atoms with E-state index in [1.807, 2.05) is 6.07 Å². The van der Waals surface area contributed by atoms with Gasteiger partial charge in [-0.2, -0.15) is 0 Å². The molecule has 4 rings (SSSR count). The first-order chi connectivity index (χ1) is 12.2. The van der Waals surface area contributed by atoms with Gasteiger partial charge in [-0.05, 0) is 37.1 Å². The van der Waals surface area contributed by atoms with E-state index in [0.717, 1.165) is 25.7 Å². The third kappa shape index (κ3) is 2.54. The molecule has 25 heavy (non-hydrogen) atoms. The number of amides is 1. The van der Waals surface area contributed by atoms with E-state index in [2.05, 4.69) is 4.98 Å². The molecule has 6 nitrogen and oxygen atoms in total. The summed E-state index contributed by atoms with van der Waals surface area (Å²) in [5.74, 6) is -1.38.